The first-order chi connectivity index (χ1) is 17.2. The Hall–Kier alpha value is -0.753. The quantitative estimate of drug-likeness (QED) is 0.342. The molecule has 0 saturated carbocycles. The van der Waals surface area contributed by atoms with Crippen LogP contribution >= 0.6 is 23.5 Å². The van der Waals surface area contributed by atoms with Crippen LogP contribution in [0.15, 0.2) is 105 Å². The third-order valence-corrected chi connectivity index (χ3v) is 8.29. The maximum Gasteiger partial charge on any atom is -1.00 e. The van der Waals surface area contributed by atoms with Crippen LogP contribution in [0.5, 0.6) is 0 Å². The number of rotatable bonds is 2. The Morgan fingerprint density at radius 1 is 0.658 bits per heavy atom. The number of hydrogen-bond donors (Lipinski definition) is 0. The molecule has 2 aliphatic heterocycles. The van der Waals surface area contributed by atoms with Gasteiger partial charge in [0.05, 0.1) is 0 Å². The Morgan fingerprint density at radius 3 is 1.29 bits per heavy atom. The van der Waals surface area contributed by atoms with Crippen molar-refractivity contribution in [2.24, 2.45) is 0 Å². The second-order valence-electron chi connectivity index (χ2n) is 9.46. The van der Waals surface area contributed by atoms with E-state index < -0.39 is 0 Å². The van der Waals surface area contributed by atoms with Crippen LogP contribution in [0.3, 0.4) is 0 Å². The number of allylic oxidation sites excluding steroid dienone is 8. The maximum atomic E-state index is 3.48. The Morgan fingerprint density at radius 2 is 0.974 bits per heavy atom. The number of halogens is 2. The smallest absolute Gasteiger partial charge is 1.00 e. The van der Waals surface area contributed by atoms with Gasteiger partial charge in [0.2, 0.25) is 0 Å². The van der Waals surface area contributed by atoms with E-state index in [1.165, 1.54) is 77.4 Å². The zero-order valence-corrected chi connectivity index (χ0v) is 30.4. The van der Waals surface area contributed by atoms with Gasteiger partial charge < -0.3 is 24.8 Å². The molecule has 2 aromatic carbocycles. The van der Waals surface area contributed by atoms with Crippen molar-refractivity contribution in [2.75, 3.05) is 0 Å². The predicted octanol–water partition coefficient (Wildman–Crippen LogP) is 3.24. The molecule has 0 nitrogen and oxygen atoms in total. The molecule has 4 aliphatic rings. The van der Waals surface area contributed by atoms with Gasteiger partial charge in [-0.05, 0) is 10.5 Å². The van der Waals surface area contributed by atoms with Gasteiger partial charge in [-0.15, -0.1) is 55.4 Å². The third kappa shape index (κ3) is 8.14. The van der Waals surface area contributed by atoms with E-state index in [4.69, 9.17) is 0 Å². The van der Waals surface area contributed by atoms with E-state index in [2.05, 4.69) is 126 Å². The second-order valence-corrected chi connectivity index (χ2v) is 25.0. The van der Waals surface area contributed by atoms with E-state index in [1.807, 2.05) is 23.5 Å². The molecule has 6 heteroatoms. The Labute approximate surface area is 265 Å². The first kappa shape index (κ1) is 33.5. The number of hydrogen-bond acceptors (Lipinski definition) is 2. The SMILES string of the molecule is CC1=[C-]C2=C(c3ccccc3)C(C)SC2=C1.CC1=[C-]C2=C(c3ccccc3)C(C)SC2=C1.C[Si](C)=[Hf+2].[Cl-].[Cl-]. The second kappa shape index (κ2) is 15.3. The Bertz CT molecular complexity index is 1250. The molecule has 0 aromatic heterocycles. The van der Waals surface area contributed by atoms with Gasteiger partial charge in [-0.2, -0.15) is 35.7 Å². The van der Waals surface area contributed by atoms with Crippen LogP contribution < -0.4 is 24.8 Å². The number of benzene rings is 2. The van der Waals surface area contributed by atoms with Crippen molar-refractivity contribution in [3.8, 4) is 0 Å². The Balaban J connectivity index is 0.000000224. The first-order valence-corrected chi connectivity index (χ1v) is 22.0. The van der Waals surface area contributed by atoms with Crippen LogP contribution in [-0.2, 0) is 23.0 Å². The molecule has 0 spiro atoms. The van der Waals surface area contributed by atoms with Crippen molar-refractivity contribution < 1.29 is 47.8 Å². The summed E-state index contributed by atoms with van der Waals surface area (Å²) in [6.07, 6.45) is 11.4. The van der Waals surface area contributed by atoms with Crippen molar-refractivity contribution in [1.82, 2.24) is 0 Å². The van der Waals surface area contributed by atoms with Crippen LogP contribution in [0.2, 0.25) is 13.1 Å². The molecule has 2 atom stereocenters. The van der Waals surface area contributed by atoms with E-state index in [0.29, 0.717) is 10.5 Å². The molecule has 0 amide bonds. The summed E-state index contributed by atoms with van der Waals surface area (Å²) in [6.45, 7) is 13.4. The monoisotopic (exact) mass is 758 g/mol. The van der Waals surface area contributed by atoms with Gasteiger partial charge in [0.15, 0.2) is 0 Å². The van der Waals surface area contributed by atoms with Crippen LogP contribution in [0.1, 0.15) is 38.8 Å². The van der Waals surface area contributed by atoms with Crippen molar-refractivity contribution in [2.45, 2.75) is 51.3 Å². The summed E-state index contributed by atoms with van der Waals surface area (Å²) in [5, 5.41) is 1.09. The van der Waals surface area contributed by atoms with Gasteiger partial charge in [-0.1, -0.05) is 99.5 Å². The molecule has 0 N–H and O–H groups in total. The van der Waals surface area contributed by atoms with Gasteiger partial charge >= 0.3 is 41.6 Å². The van der Waals surface area contributed by atoms with Crippen LogP contribution in [0.25, 0.3) is 11.1 Å². The first-order valence-electron chi connectivity index (χ1n) is 12.3. The molecule has 2 aliphatic carbocycles. The van der Waals surface area contributed by atoms with Gasteiger partial charge in [0, 0.05) is 0 Å². The minimum atomic E-state index is 0. The largest absolute Gasteiger partial charge is 1.00 e. The van der Waals surface area contributed by atoms with E-state index in [9.17, 15) is 0 Å². The van der Waals surface area contributed by atoms with Crippen molar-refractivity contribution >= 4 is 40.2 Å². The van der Waals surface area contributed by atoms with Crippen molar-refractivity contribution in [1.29, 1.82) is 0 Å². The fourth-order valence-electron chi connectivity index (χ4n) is 4.61. The average molecular weight is 758 g/mol. The molecule has 0 radical (unpaired) electrons. The van der Waals surface area contributed by atoms with Crippen molar-refractivity contribution in [3.63, 3.8) is 0 Å². The standard InChI is InChI=1S/2C15H13S.C2H6Si.2ClH.Hf/c2*1-10-8-13-14(9-10)16-11(2)15(13)12-6-4-3-5-7-12;1-3-2;;;/h2*3-7,9,11H,1-2H3;1-2H3;2*1H;/q2*-1;;;;+2/p-2. The summed E-state index contributed by atoms with van der Waals surface area (Å²) in [7, 11) is 0. The molecule has 0 fully saturated rings. The summed E-state index contributed by atoms with van der Waals surface area (Å²) in [5.74, 6) is 0. The van der Waals surface area contributed by atoms with Gasteiger partial charge in [-0.25, -0.2) is 0 Å². The summed E-state index contributed by atoms with van der Waals surface area (Å²) in [6, 6.07) is 21.3. The average Bonchev–Trinajstić information content (AvgIpc) is 3.52. The molecule has 2 heterocycles. The summed E-state index contributed by atoms with van der Waals surface area (Å²) >= 11 is 5.34. The van der Waals surface area contributed by atoms with Gasteiger partial charge in [0.1, 0.15) is 0 Å². The molecule has 0 saturated heterocycles. The number of fused-ring (bicyclic) bond motifs is 2. The minimum Gasteiger partial charge on any atom is -1.00 e. The van der Waals surface area contributed by atoms with Crippen LogP contribution in [0.4, 0.5) is 0 Å². The molecule has 6 rings (SSSR count). The van der Waals surface area contributed by atoms with E-state index in [-0.39, 0.29) is 30.3 Å². The molecular formula is C32H32Cl2HfS2Si-2. The predicted molar refractivity (Wildman–Crippen MR) is 159 cm³/mol. The van der Waals surface area contributed by atoms with E-state index in [0.717, 1.165) is 0 Å². The van der Waals surface area contributed by atoms with Gasteiger partial charge in [-0.3, -0.25) is 0 Å². The zero-order valence-electron chi connectivity index (χ0n) is 22.7. The molecule has 0 bridgehead atoms. The molecule has 38 heavy (non-hydrogen) atoms. The molecular weight excluding hydrogens is 726 g/mol. The molecule has 2 aromatic rings. The fourth-order valence-corrected chi connectivity index (χ4v) is 7.16. The van der Waals surface area contributed by atoms with Crippen LogP contribution in [-0.4, -0.2) is 16.0 Å². The van der Waals surface area contributed by atoms with Crippen LogP contribution in [0, 0.1) is 12.2 Å². The van der Waals surface area contributed by atoms with E-state index >= 15 is 0 Å². The Kier molecular flexibility index (Phi) is 13.5. The molecule has 2 unspecified atom stereocenters. The summed E-state index contributed by atoms with van der Waals surface area (Å²) in [4.78, 5) is 2.78. The maximum absolute atomic E-state index is 3.48. The summed E-state index contributed by atoms with van der Waals surface area (Å²) < 4.78 is 0. The van der Waals surface area contributed by atoms with Gasteiger partial charge in [0.25, 0.3) is 0 Å². The zero-order chi connectivity index (χ0) is 25.8. The fraction of sp³-hybridized carbons (Fsp3) is 0.250. The number of thioether (sulfide) groups is 2. The topological polar surface area (TPSA) is 0 Å². The van der Waals surface area contributed by atoms with Crippen molar-refractivity contribution in [3.05, 3.63) is 128 Å². The minimum absolute atomic E-state index is 0. The summed E-state index contributed by atoms with van der Waals surface area (Å²) in [5.41, 5.74) is 10.9. The third-order valence-electron chi connectivity index (χ3n) is 5.96. The van der Waals surface area contributed by atoms with E-state index in [1.54, 1.807) is 0 Å². The molecule has 196 valence electrons. The normalized spacial score (nSPS) is 20.3.